The molecule has 2 rings (SSSR count). The van der Waals surface area contributed by atoms with Gasteiger partial charge in [0.2, 0.25) is 0 Å². The molecule has 1 N–H and O–H groups in total. The summed E-state index contributed by atoms with van der Waals surface area (Å²) in [7, 11) is 0. The summed E-state index contributed by atoms with van der Waals surface area (Å²) in [5.74, 6) is 0.361. The van der Waals surface area contributed by atoms with Gasteiger partial charge in [-0.1, -0.05) is 11.6 Å². The summed E-state index contributed by atoms with van der Waals surface area (Å²) in [5, 5.41) is 3.37. The Hall–Kier alpha value is -0.790. The molecule has 6 heteroatoms. The maximum absolute atomic E-state index is 11.8. The Morgan fingerprint density at radius 3 is 2.60 bits per heavy atom. The molecule has 0 fully saturated rings. The second-order valence-electron chi connectivity index (χ2n) is 3.92. The van der Waals surface area contributed by atoms with Crippen LogP contribution in [0.2, 0.25) is 5.02 Å². The predicted molar refractivity (Wildman–Crippen MR) is 92.4 cm³/mol. The Kier molecular flexibility index (Phi) is 5.68. The second kappa shape index (κ2) is 7.28. The highest BCUT2D eigenvalue weighted by molar-refractivity contribution is 14.1. The first-order valence-corrected chi connectivity index (χ1v) is 7.93. The molecule has 0 atom stereocenters. The van der Waals surface area contributed by atoms with Crippen molar-refractivity contribution in [2.45, 2.75) is 0 Å². The van der Waals surface area contributed by atoms with Crippen molar-refractivity contribution in [2.24, 2.45) is 0 Å². The van der Waals surface area contributed by atoms with E-state index in [-0.39, 0.29) is 12.5 Å². The minimum absolute atomic E-state index is 0.0633. The summed E-state index contributed by atoms with van der Waals surface area (Å²) in [6, 6.07) is 12.7. The molecule has 0 heterocycles. The molecule has 2 aromatic rings. The molecule has 0 aliphatic carbocycles. The second-order valence-corrected chi connectivity index (χ2v) is 6.45. The molecule has 0 bridgehead atoms. The monoisotopic (exact) mass is 465 g/mol. The quantitative estimate of drug-likeness (QED) is 0.662. The van der Waals surface area contributed by atoms with E-state index in [2.05, 4.69) is 43.8 Å². The third-order valence-electron chi connectivity index (χ3n) is 2.38. The molecule has 0 aliphatic heterocycles. The lowest BCUT2D eigenvalue weighted by molar-refractivity contribution is -0.118. The SMILES string of the molecule is O=C(COc1ccc(Cl)cc1Br)Nc1ccc(I)cc1. The molecule has 0 unspecified atom stereocenters. The van der Waals surface area contributed by atoms with E-state index in [4.69, 9.17) is 16.3 Å². The van der Waals surface area contributed by atoms with Crippen molar-refractivity contribution in [3.63, 3.8) is 0 Å². The van der Waals surface area contributed by atoms with Crippen LogP contribution in [0.3, 0.4) is 0 Å². The van der Waals surface area contributed by atoms with Crippen LogP contribution in [-0.2, 0) is 4.79 Å². The number of halogens is 3. The van der Waals surface area contributed by atoms with E-state index >= 15 is 0 Å². The van der Waals surface area contributed by atoms with E-state index in [1.807, 2.05) is 24.3 Å². The van der Waals surface area contributed by atoms with Crippen LogP contribution < -0.4 is 10.1 Å². The van der Waals surface area contributed by atoms with Gasteiger partial charge in [-0.25, -0.2) is 0 Å². The first-order chi connectivity index (χ1) is 9.54. The molecule has 0 radical (unpaired) electrons. The molecule has 0 saturated carbocycles. The summed E-state index contributed by atoms with van der Waals surface area (Å²) in [6.07, 6.45) is 0. The van der Waals surface area contributed by atoms with E-state index in [1.54, 1.807) is 18.2 Å². The van der Waals surface area contributed by atoms with E-state index in [9.17, 15) is 4.79 Å². The van der Waals surface area contributed by atoms with Crippen LogP contribution in [-0.4, -0.2) is 12.5 Å². The number of hydrogen-bond donors (Lipinski definition) is 1. The van der Waals surface area contributed by atoms with Crippen molar-refractivity contribution in [2.75, 3.05) is 11.9 Å². The molecule has 0 saturated heterocycles. The van der Waals surface area contributed by atoms with Gasteiger partial charge in [0.05, 0.1) is 4.47 Å². The number of amides is 1. The van der Waals surface area contributed by atoms with Crippen LogP contribution in [0.1, 0.15) is 0 Å². The molecular weight excluding hydrogens is 456 g/mol. The third kappa shape index (κ3) is 4.64. The van der Waals surface area contributed by atoms with Crippen molar-refractivity contribution in [3.05, 3.63) is 55.5 Å². The van der Waals surface area contributed by atoms with Crippen LogP contribution in [0.25, 0.3) is 0 Å². The number of rotatable bonds is 4. The van der Waals surface area contributed by atoms with Crippen molar-refractivity contribution >= 4 is 61.7 Å². The van der Waals surface area contributed by atoms with Crippen LogP contribution in [0, 0.1) is 3.57 Å². The van der Waals surface area contributed by atoms with E-state index in [0.717, 1.165) is 9.26 Å². The summed E-state index contributed by atoms with van der Waals surface area (Å²) >= 11 is 11.4. The zero-order valence-electron chi connectivity index (χ0n) is 10.2. The highest BCUT2D eigenvalue weighted by atomic mass is 127. The number of nitrogens with one attached hydrogen (secondary N) is 1. The minimum Gasteiger partial charge on any atom is -0.483 e. The maximum atomic E-state index is 11.8. The summed E-state index contributed by atoms with van der Waals surface area (Å²) in [5.41, 5.74) is 0.745. The van der Waals surface area contributed by atoms with Gasteiger partial charge < -0.3 is 10.1 Å². The summed E-state index contributed by atoms with van der Waals surface area (Å²) in [4.78, 5) is 11.8. The standard InChI is InChI=1S/C14H10BrClINO2/c15-12-7-9(16)1-6-13(12)20-8-14(19)18-11-4-2-10(17)3-5-11/h1-7H,8H2,(H,18,19). The molecular formula is C14H10BrClINO2. The van der Waals surface area contributed by atoms with Gasteiger partial charge in [-0.15, -0.1) is 0 Å². The Morgan fingerprint density at radius 2 is 1.95 bits per heavy atom. The van der Waals surface area contributed by atoms with Gasteiger partial charge in [0, 0.05) is 14.3 Å². The lowest BCUT2D eigenvalue weighted by Crippen LogP contribution is -2.20. The predicted octanol–water partition coefficient (Wildman–Crippen LogP) is 4.72. The topological polar surface area (TPSA) is 38.3 Å². The van der Waals surface area contributed by atoms with Gasteiger partial charge in [0.1, 0.15) is 5.75 Å². The van der Waals surface area contributed by atoms with E-state index in [1.165, 1.54) is 0 Å². The number of anilines is 1. The zero-order valence-corrected chi connectivity index (χ0v) is 14.7. The molecule has 3 nitrogen and oxygen atoms in total. The van der Waals surface area contributed by atoms with Crippen molar-refractivity contribution < 1.29 is 9.53 Å². The number of hydrogen-bond acceptors (Lipinski definition) is 2. The summed E-state index contributed by atoms with van der Waals surface area (Å²) < 4.78 is 7.26. The van der Waals surface area contributed by atoms with Crippen LogP contribution in [0.4, 0.5) is 5.69 Å². The molecule has 1 amide bonds. The van der Waals surface area contributed by atoms with Gasteiger partial charge >= 0.3 is 0 Å². The Balaban J connectivity index is 1.90. The van der Waals surface area contributed by atoms with Crippen molar-refractivity contribution in [1.29, 1.82) is 0 Å². The largest absolute Gasteiger partial charge is 0.483 e. The number of carbonyl (C=O) groups is 1. The number of ether oxygens (including phenoxy) is 1. The Morgan fingerprint density at radius 1 is 1.25 bits per heavy atom. The Labute approximate surface area is 143 Å². The fourth-order valence-corrected chi connectivity index (χ4v) is 2.62. The lowest BCUT2D eigenvalue weighted by Gasteiger charge is -2.09. The van der Waals surface area contributed by atoms with Gasteiger partial charge in [0.15, 0.2) is 6.61 Å². The van der Waals surface area contributed by atoms with Gasteiger partial charge in [-0.2, -0.15) is 0 Å². The normalized spacial score (nSPS) is 10.2. The average molecular weight is 466 g/mol. The molecule has 0 spiro atoms. The lowest BCUT2D eigenvalue weighted by atomic mass is 10.3. The Bertz CT molecular complexity index is 619. The fourth-order valence-electron chi connectivity index (χ4n) is 1.47. The fraction of sp³-hybridized carbons (Fsp3) is 0.0714. The molecule has 2 aromatic carbocycles. The minimum atomic E-state index is -0.215. The first-order valence-electron chi connectivity index (χ1n) is 5.68. The third-order valence-corrected chi connectivity index (χ3v) is 3.95. The van der Waals surface area contributed by atoms with Gasteiger partial charge in [0.25, 0.3) is 5.91 Å². The molecule has 20 heavy (non-hydrogen) atoms. The highest BCUT2D eigenvalue weighted by Gasteiger charge is 2.06. The van der Waals surface area contributed by atoms with Crippen LogP contribution in [0.15, 0.2) is 46.9 Å². The smallest absolute Gasteiger partial charge is 0.262 e. The highest BCUT2D eigenvalue weighted by Crippen LogP contribution is 2.27. The molecule has 0 aliphatic rings. The van der Waals surface area contributed by atoms with Gasteiger partial charge in [-0.3, -0.25) is 4.79 Å². The van der Waals surface area contributed by atoms with Crippen molar-refractivity contribution in [3.8, 4) is 5.75 Å². The summed E-state index contributed by atoms with van der Waals surface area (Å²) in [6.45, 7) is -0.0633. The van der Waals surface area contributed by atoms with E-state index < -0.39 is 0 Å². The van der Waals surface area contributed by atoms with E-state index in [0.29, 0.717) is 15.2 Å². The maximum Gasteiger partial charge on any atom is 0.262 e. The number of carbonyl (C=O) groups excluding carboxylic acids is 1. The van der Waals surface area contributed by atoms with Crippen molar-refractivity contribution in [1.82, 2.24) is 0 Å². The zero-order chi connectivity index (χ0) is 14.5. The van der Waals surface area contributed by atoms with Crippen LogP contribution >= 0.6 is 50.1 Å². The van der Waals surface area contributed by atoms with Crippen LogP contribution in [0.5, 0.6) is 5.75 Å². The molecule has 0 aromatic heterocycles. The van der Waals surface area contributed by atoms with Gasteiger partial charge in [-0.05, 0) is 81.0 Å². The number of benzene rings is 2. The first kappa shape index (κ1) is 15.6. The molecule has 104 valence electrons. The average Bonchev–Trinajstić information content (AvgIpc) is 2.40.